The Morgan fingerprint density at radius 3 is 2.62 bits per heavy atom. The number of para-hydroxylation sites is 2. The van der Waals surface area contributed by atoms with Crippen LogP contribution in [0, 0.1) is 0 Å². The third-order valence-corrected chi connectivity index (χ3v) is 5.82. The number of nitrogens with zero attached hydrogens (tertiary/aromatic N) is 2. The lowest BCUT2D eigenvalue weighted by Crippen LogP contribution is -2.30. The third kappa shape index (κ3) is 3.48. The van der Waals surface area contributed by atoms with Crippen LogP contribution >= 0.6 is 11.6 Å². The van der Waals surface area contributed by atoms with Crippen molar-refractivity contribution in [2.45, 2.75) is 13.0 Å². The molecule has 0 saturated heterocycles. The zero-order valence-electron chi connectivity index (χ0n) is 17.6. The van der Waals surface area contributed by atoms with Gasteiger partial charge in [-0.05, 0) is 55.0 Å². The molecular weight excluding hydrogens is 424 g/mol. The zero-order valence-corrected chi connectivity index (χ0v) is 18.4. The SMILES string of the molecule is COc1ccc([C@@H]2C(C(=O)Nc3cccc(Cl)c3)=C(C)Nc3nc4ccccc4n32)cc1. The van der Waals surface area contributed by atoms with E-state index in [1.54, 1.807) is 25.3 Å². The van der Waals surface area contributed by atoms with E-state index >= 15 is 0 Å². The number of hydrogen-bond acceptors (Lipinski definition) is 4. The first-order valence-electron chi connectivity index (χ1n) is 10.2. The highest BCUT2D eigenvalue weighted by atomic mass is 35.5. The average molecular weight is 445 g/mol. The minimum atomic E-state index is -0.372. The van der Waals surface area contributed by atoms with Crippen LogP contribution in [-0.4, -0.2) is 22.6 Å². The lowest BCUT2D eigenvalue weighted by molar-refractivity contribution is -0.113. The Labute approximate surface area is 190 Å². The quantitative estimate of drug-likeness (QED) is 0.428. The Morgan fingerprint density at radius 2 is 1.88 bits per heavy atom. The van der Waals surface area contributed by atoms with Gasteiger partial charge in [0.15, 0.2) is 0 Å². The van der Waals surface area contributed by atoms with Crippen molar-refractivity contribution in [2.24, 2.45) is 0 Å². The standard InChI is InChI=1S/C25H21ClN4O2/c1-15-22(24(31)28-18-7-5-6-17(26)14-18)23(16-10-12-19(32-2)13-11-16)30-21-9-4-3-8-20(21)29-25(30)27-15/h3-14,23H,1-2H3,(H,27,29)(H,28,31)/t23-/m1/s1. The summed E-state index contributed by atoms with van der Waals surface area (Å²) in [6.07, 6.45) is 0. The van der Waals surface area contributed by atoms with Crippen LogP contribution in [-0.2, 0) is 4.79 Å². The van der Waals surface area contributed by atoms with Crippen LogP contribution in [0.25, 0.3) is 11.0 Å². The van der Waals surface area contributed by atoms with Gasteiger partial charge in [0, 0.05) is 16.4 Å². The van der Waals surface area contributed by atoms with Crippen LogP contribution in [0.5, 0.6) is 5.75 Å². The van der Waals surface area contributed by atoms with E-state index in [1.165, 1.54) is 0 Å². The number of ether oxygens (including phenoxy) is 1. The summed E-state index contributed by atoms with van der Waals surface area (Å²) in [5.41, 5.74) is 4.73. The molecule has 2 N–H and O–H groups in total. The minimum absolute atomic E-state index is 0.207. The van der Waals surface area contributed by atoms with E-state index in [2.05, 4.69) is 15.2 Å². The molecule has 0 radical (unpaired) electrons. The first kappa shape index (κ1) is 20.2. The van der Waals surface area contributed by atoms with Gasteiger partial charge in [0.1, 0.15) is 5.75 Å². The lowest BCUT2D eigenvalue weighted by atomic mass is 9.94. The van der Waals surface area contributed by atoms with Crippen LogP contribution in [0.4, 0.5) is 11.6 Å². The molecule has 2 heterocycles. The molecule has 160 valence electrons. The smallest absolute Gasteiger partial charge is 0.255 e. The highest BCUT2D eigenvalue weighted by Gasteiger charge is 2.34. The number of amides is 1. The Morgan fingerprint density at radius 1 is 1.09 bits per heavy atom. The second-order valence-electron chi connectivity index (χ2n) is 7.60. The second-order valence-corrected chi connectivity index (χ2v) is 8.03. The number of methoxy groups -OCH3 is 1. The Kier molecular flexibility index (Phi) is 5.07. The minimum Gasteiger partial charge on any atom is -0.497 e. The molecular formula is C25H21ClN4O2. The molecule has 32 heavy (non-hydrogen) atoms. The molecule has 3 aromatic carbocycles. The molecule has 0 saturated carbocycles. The van der Waals surface area contributed by atoms with Gasteiger partial charge in [-0.3, -0.25) is 9.36 Å². The van der Waals surface area contributed by atoms with Crippen LogP contribution in [0.2, 0.25) is 5.02 Å². The number of anilines is 2. The van der Waals surface area contributed by atoms with E-state index in [4.69, 9.17) is 21.3 Å². The summed E-state index contributed by atoms with van der Waals surface area (Å²) >= 11 is 6.11. The van der Waals surface area contributed by atoms with E-state index in [-0.39, 0.29) is 11.9 Å². The zero-order chi connectivity index (χ0) is 22.2. The van der Waals surface area contributed by atoms with Gasteiger partial charge >= 0.3 is 0 Å². The Bertz CT molecular complexity index is 1360. The molecule has 4 aromatic rings. The molecule has 1 amide bonds. The van der Waals surface area contributed by atoms with Crippen molar-refractivity contribution in [3.63, 3.8) is 0 Å². The van der Waals surface area contributed by atoms with Crippen molar-refractivity contribution in [1.82, 2.24) is 9.55 Å². The summed E-state index contributed by atoms with van der Waals surface area (Å²) in [4.78, 5) is 18.3. The lowest BCUT2D eigenvalue weighted by Gasteiger charge is -2.30. The van der Waals surface area contributed by atoms with Gasteiger partial charge in [-0.1, -0.05) is 41.9 Å². The summed E-state index contributed by atoms with van der Waals surface area (Å²) in [6.45, 7) is 1.90. The molecule has 1 aliphatic rings. The maximum absolute atomic E-state index is 13.6. The molecule has 0 aliphatic carbocycles. The number of nitrogens with one attached hydrogen (secondary N) is 2. The molecule has 0 spiro atoms. The summed E-state index contributed by atoms with van der Waals surface area (Å²) in [5, 5.41) is 6.88. The molecule has 0 unspecified atom stereocenters. The van der Waals surface area contributed by atoms with Crippen molar-refractivity contribution >= 4 is 40.2 Å². The number of allylic oxidation sites excluding steroid dienone is 1. The number of fused-ring (bicyclic) bond motifs is 3. The molecule has 0 fully saturated rings. The van der Waals surface area contributed by atoms with E-state index in [0.717, 1.165) is 28.0 Å². The van der Waals surface area contributed by atoms with Crippen molar-refractivity contribution in [3.8, 4) is 5.75 Å². The number of halogens is 1. The summed E-state index contributed by atoms with van der Waals surface area (Å²) < 4.78 is 7.40. The number of rotatable bonds is 4. The van der Waals surface area contributed by atoms with Gasteiger partial charge in [-0.2, -0.15) is 0 Å². The molecule has 5 rings (SSSR count). The third-order valence-electron chi connectivity index (χ3n) is 5.59. The molecule has 1 aromatic heterocycles. The van der Waals surface area contributed by atoms with Crippen LogP contribution in [0.15, 0.2) is 84.1 Å². The molecule has 1 atom stereocenters. The van der Waals surface area contributed by atoms with E-state index < -0.39 is 0 Å². The molecule has 6 nitrogen and oxygen atoms in total. The highest BCUT2D eigenvalue weighted by molar-refractivity contribution is 6.31. The maximum Gasteiger partial charge on any atom is 0.255 e. The van der Waals surface area contributed by atoms with E-state index in [0.29, 0.717) is 22.2 Å². The van der Waals surface area contributed by atoms with Crippen LogP contribution < -0.4 is 15.4 Å². The van der Waals surface area contributed by atoms with E-state index in [1.807, 2.05) is 61.5 Å². The normalized spacial score (nSPS) is 15.3. The highest BCUT2D eigenvalue weighted by Crippen LogP contribution is 2.39. The maximum atomic E-state index is 13.6. The Balaban J connectivity index is 1.65. The monoisotopic (exact) mass is 444 g/mol. The Hall–Kier alpha value is -3.77. The first-order valence-corrected chi connectivity index (χ1v) is 10.6. The summed E-state index contributed by atoms with van der Waals surface area (Å²) in [5.74, 6) is 1.24. The fraction of sp³-hybridized carbons (Fsp3) is 0.120. The topological polar surface area (TPSA) is 68.2 Å². The average Bonchev–Trinajstić information content (AvgIpc) is 3.16. The van der Waals surface area contributed by atoms with Gasteiger partial charge in [-0.15, -0.1) is 0 Å². The summed E-state index contributed by atoms with van der Waals surface area (Å²) in [6, 6.07) is 22.4. The van der Waals surface area contributed by atoms with Gasteiger partial charge in [0.2, 0.25) is 5.95 Å². The van der Waals surface area contributed by atoms with Crippen molar-refractivity contribution in [2.75, 3.05) is 17.7 Å². The number of aromatic nitrogens is 2. The van der Waals surface area contributed by atoms with Crippen molar-refractivity contribution in [1.29, 1.82) is 0 Å². The van der Waals surface area contributed by atoms with Gasteiger partial charge in [0.05, 0.1) is 29.8 Å². The predicted molar refractivity (Wildman–Crippen MR) is 127 cm³/mol. The van der Waals surface area contributed by atoms with Crippen molar-refractivity contribution in [3.05, 3.63) is 94.7 Å². The number of hydrogen-bond donors (Lipinski definition) is 2. The number of imidazole rings is 1. The molecule has 0 bridgehead atoms. The van der Waals surface area contributed by atoms with Crippen LogP contribution in [0.1, 0.15) is 18.5 Å². The van der Waals surface area contributed by atoms with Crippen LogP contribution in [0.3, 0.4) is 0 Å². The van der Waals surface area contributed by atoms with Gasteiger partial charge in [-0.25, -0.2) is 4.98 Å². The van der Waals surface area contributed by atoms with Crippen molar-refractivity contribution < 1.29 is 9.53 Å². The fourth-order valence-corrected chi connectivity index (χ4v) is 4.31. The fourth-order valence-electron chi connectivity index (χ4n) is 4.12. The number of carbonyl (C=O) groups is 1. The van der Waals surface area contributed by atoms with Gasteiger partial charge in [0.25, 0.3) is 5.91 Å². The number of benzene rings is 3. The molecule has 7 heteroatoms. The van der Waals surface area contributed by atoms with Gasteiger partial charge < -0.3 is 15.4 Å². The second kappa shape index (κ2) is 8.05. The first-order chi connectivity index (χ1) is 15.5. The summed E-state index contributed by atoms with van der Waals surface area (Å²) in [7, 11) is 1.63. The largest absolute Gasteiger partial charge is 0.497 e. The number of carbonyl (C=O) groups excluding carboxylic acids is 1. The predicted octanol–water partition coefficient (Wildman–Crippen LogP) is 5.63. The molecule has 1 aliphatic heterocycles. The van der Waals surface area contributed by atoms with E-state index in [9.17, 15) is 4.79 Å².